The molecule has 0 aliphatic rings. The number of methoxy groups -OCH3 is 2. The van der Waals surface area contributed by atoms with E-state index in [0.717, 1.165) is 11.1 Å². The Bertz CT molecular complexity index is 698. The van der Waals surface area contributed by atoms with E-state index in [0.29, 0.717) is 30.1 Å². The minimum atomic E-state index is -0.350. The van der Waals surface area contributed by atoms with Crippen LogP contribution in [0.4, 0.5) is 0 Å². The normalized spacial score (nSPS) is 10.1. The first-order valence-electron chi connectivity index (χ1n) is 7.51. The van der Waals surface area contributed by atoms with Crippen molar-refractivity contribution in [3.05, 3.63) is 71.8 Å². The second kappa shape index (κ2) is 8.74. The first kappa shape index (κ1) is 17.6. The molecule has 0 aliphatic carbocycles. The van der Waals surface area contributed by atoms with Gasteiger partial charge in [-0.05, 0) is 24.1 Å². The Balaban J connectivity index is 2.10. The molecule has 0 fully saturated rings. The van der Waals surface area contributed by atoms with Crippen molar-refractivity contribution in [1.82, 2.24) is 5.48 Å². The highest BCUT2D eigenvalue weighted by molar-refractivity contribution is 5.94. The maximum absolute atomic E-state index is 12.3. The summed E-state index contributed by atoms with van der Waals surface area (Å²) >= 11 is 0. The van der Waals surface area contributed by atoms with Crippen LogP contribution in [0.15, 0.2) is 55.1 Å². The Kier molecular flexibility index (Phi) is 6.40. The van der Waals surface area contributed by atoms with Gasteiger partial charge in [0.05, 0.1) is 20.8 Å². The molecule has 0 saturated heterocycles. The van der Waals surface area contributed by atoms with Crippen molar-refractivity contribution in [3.8, 4) is 11.5 Å². The highest BCUT2D eigenvalue weighted by Gasteiger charge is 2.15. The van der Waals surface area contributed by atoms with Crippen LogP contribution in [0.3, 0.4) is 0 Å². The molecule has 2 aromatic carbocycles. The summed E-state index contributed by atoms with van der Waals surface area (Å²) < 4.78 is 10.7. The molecule has 0 unspecified atom stereocenters. The van der Waals surface area contributed by atoms with E-state index in [1.807, 2.05) is 30.3 Å². The predicted octanol–water partition coefficient (Wildman–Crippen LogP) is 3.29. The van der Waals surface area contributed by atoms with Crippen molar-refractivity contribution < 1.29 is 19.1 Å². The molecule has 5 nitrogen and oxygen atoms in total. The van der Waals surface area contributed by atoms with Crippen LogP contribution in [-0.4, -0.2) is 20.1 Å². The lowest BCUT2D eigenvalue weighted by Crippen LogP contribution is -2.23. The third-order valence-corrected chi connectivity index (χ3v) is 3.43. The zero-order chi connectivity index (χ0) is 17.4. The molecular formula is C19H21NO4. The Morgan fingerprint density at radius 2 is 1.92 bits per heavy atom. The lowest BCUT2D eigenvalue weighted by molar-refractivity contribution is 0.0233. The molecule has 1 N–H and O–H groups in total. The number of carbonyl (C=O) groups is 1. The number of hydroxylamine groups is 1. The van der Waals surface area contributed by atoms with Crippen molar-refractivity contribution in [2.45, 2.75) is 13.0 Å². The van der Waals surface area contributed by atoms with Gasteiger partial charge in [-0.3, -0.25) is 9.63 Å². The predicted molar refractivity (Wildman–Crippen MR) is 92.1 cm³/mol. The van der Waals surface area contributed by atoms with E-state index in [1.54, 1.807) is 25.3 Å². The fraction of sp³-hybridized carbons (Fsp3) is 0.211. The van der Waals surface area contributed by atoms with Crippen LogP contribution in [0.5, 0.6) is 11.5 Å². The zero-order valence-corrected chi connectivity index (χ0v) is 13.9. The molecule has 24 heavy (non-hydrogen) atoms. The second-order valence-electron chi connectivity index (χ2n) is 5.07. The van der Waals surface area contributed by atoms with E-state index in [9.17, 15) is 4.79 Å². The van der Waals surface area contributed by atoms with E-state index in [2.05, 4.69) is 12.1 Å². The molecule has 1 amide bonds. The molecule has 5 heteroatoms. The lowest BCUT2D eigenvalue weighted by Gasteiger charge is -2.14. The van der Waals surface area contributed by atoms with Crippen molar-refractivity contribution in [2.24, 2.45) is 0 Å². The number of amides is 1. The third kappa shape index (κ3) is 4.36. The number of benzene rings is 2. The van der Waals surface area contributed by atoms with Gasteiger partial charge in [-0.2, -0.15) is 0 Å². The van der Waals surface area contributed by atoms with Crippen LogP contribution in [0.25, 0.3) is 0 Å². The van der Waals surface area contributed by atoms with E-state index >= 15 is 0 Å². The number of nitrogens with one attached hydrogen (secondary N) is 1. The molecule has 0 spiro atoms. The van der Waals surface area contributed by atoms with Crippen molar-refractivity contribution in [3.63, 3.8) is 0 Å². The summed E-state index contributed by atoms with van der Waals surface area (Å²) in [5.41, 5.74) is 4.66. The van der Waals surface area contributed by atoms with E-state index < -0.39 is 0 Å². The standard InChI is InChI=1S/C19H21NO4/c1-4-8-15-11-16(12-17(22-2)18(15)23-3)19(21)20-24-13-14-9-6-5-7-10-14/h4-7,9-12H,1,8,13H2,2-3H3,(H,20,21). The molecule has 2 rings (SSSR count). The van der Waals surface area contributed by atoms with Gasteiger partial charge in [0.1, 0.15) is 0 Å². The quantitative estimate of drug-likeness (QED) is 0.597. The zero-order valence-electron chi connectivity index (χ0n) is 13.9. The summed E-state index contributed by atoms with van der Waals surface area (Å²) in [7, 11) is 3.09. The van der Waals surface area contributed by atoms with Crippen molar-refractivity contribution in [2.75, 3.05) is 14.2 Å². The molecule has 126 valence electrons. The van der Waals surface area contributed by atoms with Gasteiger partial charge in [0, 0.05) is 11.1 Å². The second-order valence-corrected chi connectivity index (χ2v) is 5.07. The minimum absolute atomic E-state index is 0.291. The fourth-order valence-corrected chi connectivity index (χ4v) is 2.30. The van der Waals surface area contributed by atoms with Crippen LogP contribution >= 0.6 is 0 Å². The van der Waals surface area contributed by atoms with Gasteiger partial charge >= 0.3 is 0 Å². The van der Waals surface area contributed by atoms with Crippen LogP contribution in [0.1, 0.15) is 21.5 Å². The summed E-state index contributed by atoms with van der Waals surface area (Å²) in [5, 5.41) is 0. The Hall–Kier alpha value is -2.79. The summed E-state index contributed by atoms with van der Waals surface area (Å²) in [6, 6.07) is 13.0. The Morgan fingerprint density at radius 1 is 1.17 bits per heavy atom. The van der Waals surface area contributed by atoms with Gasteiger partial charge in [0.25, 0.3) is 5.91 Å². The molecule has 2 aromatic rings. The summed E-state index contributed by atoms with van der Waals surface area (Å²) in [6.07, 6.45) is 2.30. The van der Waals surface area contributed by atoms with Gasteiger partial charge in [-0.1, -0.05) is 36.4 Å². The van der Waals surface area contributed by atoms with Gasteiger partial charge in [0.2, 0.25) is 0 Å². The average Bonchev–Trinajstić information content (AvgIpc) is 2.62. The molecule has 0 aromatic heterocycles. The number of rotatable bonds is 8. The van der Waals surface area contributed by atoms with Gasteiger partial charge < -0.3 is 9.47 Å². The first-order chi connectivity index (χ1) is 11.7. The number of hydrogen-bond acceptors (Lipinski definition) is 4. The lowest BCUT2D eigenvalue weighted by atomic mass is 10.1. The van der Waals surface area contributed by atoms with Crippen molar-refractivity contribution >= 4 is 5.91 Å². The van der Waals surface area contributed by atoms with Gasteiger partial charge in [-0.15, -0.1) is 6.58 Å². The van der Waals surface area contributed by atoms with Crippen LogP contribution in [0, 0.1) is 0 Å². The maximum Gasteiger partial charge on any atom is 0.274 e. The van der Waals surface area contributed by atoms with Gasteiger partial charge in [0.15, 0.2) is 11.5 Å². The molecule has 0 saturated carbocycles. The molecule has 0 aliphatic heterocycles. The van der Waals surface area contributed by atoms with E-state index in [1.165, 1.54) is 7.11 Å². The number of ether oxygens (including phenoxy) is 2. The van der Waals surface area contributed by atoms with Gasteiger partial charge in [-0.25, -0.2) is 5.48 Å². The van der Waals surface area contributed by atoms with E-state index in [-0.39, 0.29) is 5.91 Å². The Morgan fingerprint density at radius 3 is 2.54 bits per heavy atom. The summed E-state index contributed by atoms with van der Waals surface area (Å²) in [4.78, 5) is 17.6. The number of hydrogen-bond donors (Lipinski definition) is 1. The molecular weight excluding hydrogens is 306 g/mol. The molecule has 0 heterocycles. The summed E-state index contributed by atoms with van der Waals surface area (Å²) in [5.74, 6) is 0.737. The monoisotopic (exact) mass is 327 g/mol. The Labute approximate surface area is 141 Å². The topological polar surface area (TPSA) is 56.8 Å². The molecule has 0 bridgehead atoms. The van der Waals surface area contributed by atoms with Crippen molar-refractivity contribution in [1.29, 1.82) is 0 Å². The minimum Gasteiger partial charge on any atom is -0.493 e. The molecule has 0 radical (unpaired) electrons. The molecule has 0 atom stereocenters. The fourth-order valence-electron chi connectivity index (χ4n) is 2.30. The first-order valence-corrected chi connectivity index (χ1v) is 7.51. The van der Waals surface area contributed by atoms with Crippen LogP contribution in [0.2, 0.25) is 0 Å². The van der Waals surface area contributed by atoms with E-state index in [4.69, 9.17) is 14.3 Å². The van der Waals surface area contributed by atoms with Crippen LogP contribution < -0.4 is 15.0 Å². The number of carbonyl (C=O) groups excluding carboxylic acids is 1. The maximum atomic E-state index is 12.3. The number of allylic oxidation sites excluding steroid dienone is 1. The summed E-state index contributed by atoms with van der Waals surface area (Å²) in [6.45, 7) is 4.01. The SMILES string of the molecule is C=CCc1cc(C(=O)NOCc2ccccc2)cc(OC)c1OC. The highest BCUT2D eigenvalue weighted by atomic mass is 16.6. The average molecular weight is 327 g/mol. The third-order valence-electron chi connectivity index (χ3n) is 3.43. The largest absolute Gasteiger partial charge is 0.493 e. The highest BCUT2D eigenvalue weighted by Crippen LogP contribution is 2.33. The smallest absolute Gasteiger partial charge is 0.274 e. The van der Waals surface area contributed by atoms with Crippen LogP contribution in [-0.2, 0) is 17.9 Å².